The number of carbonyl (C=O) groups excluding carboxylic acids is 1. The predicted molar refractivity (Wildman–Crippen MR) is 118 cm³/mol. The van der Waals surface area contributed by atoms with Gasteiger partial charge in [-0.15, -0.1) is 0 Å². The second kappa shape index (κ2) is 10.8. The molecule has 0 fully saturated rings. The van der Waals surface area contributed by atoms with Crippen LogP contribution in [0.4, 0.5) is 5.13 Å². The van der Waals surface area contributed by atoms with Crippen molar-refractivity contribution in [1.29, 1.82) is 0 Å². The molecule has 1 N–H and O–H groups in total. The number of ether oxygens (including phenoxy) is 1. The van der Waals surface area contributed by atoms with Crippen molar-refractivity contribution in [2.45, 2.75) is 45.7 Å². The number of benzene rings is 1. The van der Waals surface area contributed by atoms with Crippen LogP contribution in [-0.2, 0) is 17.8 Å². The van der Waals surface area contributed by atoms with Gasteiger partial charge in [-0.1, -0.05) is 19.1 Å². The molecule has 0 aliphatic heterocycles. The number of furan rings is 1. The second-order valence-corrected chi connectivity index (χ2v) is 7.88. The Morgan fingerprint density at radius 1 is 1.33 bits per heavy atom. The third-order valence-electron chi connectivity index (χ3n) is 4.78. The zero-order valence-electron chi connectivity index (χ0n) is 17.6. The number of anilines is 1. The molecule has 2 aromatic heterocycles. The van der Waals surface area contributed by atoms with Gasteiger partial charge in [0.25, 0.3) is 0 Å². The van der Waals surface area contributed by atoms with Gasteiger partial charge in [-0.05, 0) is 43.2 Å². The lowest BCUT2D eigenvalue weighted by Gasteiger charge is -2.20. The Hall–Kier alpha value is -2.87. The Bertz CT molecular complexity index is 926. The Morgan fingerprint density at radius 2 is 2.20 bits per heavy atom. The molecule has 1 amide bonds. The van der Waals surface area contributed by atoms with Gasteiger partial charge in [0.05, 0.1) is 19.9 Å². The first kappa shape index (κ1) is 21.8. The molecule has 1 atom stereocenters. The van der Waals surface area contributed by atoms with E-state index in [4.69, 9.17) is 14.1 Å². The molecule has 160 valence electrons. The van der Waals surface area contributed by atoms with Crippen molar-refractivity contribution in [2.24, 2.45) is 0 Å². The summed E-state index contributed by atoms with van der Waals surface area (Å²) in [4.78, 5) is 19.0. The molecule has 0 aliphatic rings. The fourth-order valence-corrected chi connectivity index (χ4v) is 3.64. The molecular weight excluding hydrogens is 400 g/mol. The molecule has 0 bridgehead atoms. The number of nitrogens with one attached hydrogen (secondary N) is 1. The summed E-state index contributed by atoms with van der Waals surface area (Å²) in [6, 6.07) is 11.8. The molecule has 0 spiro atoms. The highest BCUT2D eigenvalue weighted by Gasteiger charge is 2.17. The van der Waals surface area contributed by atoms with Gasteiger partial charge in [-0.3, -0.25) is 4.79 Å². The largest absolute Gasteiger partial charge is 0.497 e. The highest BCUT2D eigenvalue weighted by Crippen LogP contribution is 2.23. The summed E-state index contributed by atoms with van der Waals surface area (Å²) in [6.07, 6.45) is 3.57. The maximum Gasteiger partial charge on any atom is 0.221 e. The van der Waals surface area contributed by atoms with Crippen molar-refractivity contribution in [2.75, 3.05) is 18.6 Å². The Kier molecular flexibility index (Phi) is 7.84. The van der Waals surface area contributed by atoms with E-state index < -0.39 is 0 Å². The minimum absolute atomic E-state index is 0.0370. The van der Waals surface area contributed by atoms with Crippen molar-refractivity contribution in [1.82, 2.24) is 14.7 Å². The van der Waals surface area contributed by atoms with Gasteiger partial charge in [0, 0.05) is 37.0 Å². The summed E-state index contributed by atoms with van der Waals surface area (Å²) in [7, 11) is 1.65. The maximum absolute atomic E-state index is 12.3. The van der Waals surface area contributed by atoms with Gasteiger partial charge in [0.15, 0.2) is 0 Å². The van der Waals surface area contributed by atoms with Gasteiger partial charge in [0.1, 0.15) is 17.3 Å². The van der Waals surface area contributed by atoms with E-state index in [1.165, 1.54) is 11.5 Å². The van der Waals surface area contributed by atoms with Gasteiger partial charge < -0.3 is 19.4 Å². The van der Waals surface area contributed by atoms with E-state index >= 15 is 0 Å². The maximum atomic E-state index is 12.3. The minimum atomic E-state index is 0.0370. The average Bonchev–Trinajstić information content (AvgIpc) is 3.43. The lowest BCUT2D eigenvalue weighted by Crippen LogP contribution is -2.35. The minimum Gasteiger partial charge on any atom is -0.497 e. The molecule has 30 heavy (non-hydrogen) atoms. The van der Waals surface area contributed by atoms with Crippen molar-refractivity contribution >= 4 is 22.6 Å². The topological polar surface area (TPSA) is 80.5 Å². The predicted octanol–water partition coefficient (Wildman–Crippen LogP) is 4.04. The van der Waals surface area contributed by atoms with E-state index in [9.17, 15) is 4.79 Å². The van der Waals surface area contributed by atoms with Gasteiger partial charge in [-0.2, -0.15) is 4.37 Å². The van der Waals surface area contributed by atoms with Crippen LogP contribution >= 0.6 is 11.5 Å². The summed E-state index contributed by atoms with van der Waals surface area (Å²) >= 11 is 1.34. The molecule has 8 heteroatoms. The average molecular weight is 429 g/mol. The van der Waals surface area contributed by atoms with E-state index in [1.807, 2.05) is 48.2 Å². The van der Waals surface area contributed by atoms with Crippen molar-refractivity contribution in [3.05, 3.63) is 59.8 Å². The Morgan fingerprint density at radius 3 is 2.93 bits per heavy atom. The number of hydrogen-bond acceptors (Lipinski definition) is 7. The van der Waals surface area contributed by atoms with Crippen LogP contribution in [0.1, 0.15) is 43.8 Å². The summed E-state index contributed by atoms with van der Waals surface area (Å²) in [6.45, 7) is 5.14. The fourth-order valence-electron chi connectivity index (χ4n) is 2.93. The van der Waals surface area contributed by atoms with Gasteiger partial charge in [-0.25, -0.2) is 4.98 Å². The number of hydrogen-bond donors (Lipinski definition) is 1. The standard InChI is InChI=1S/C22H28N4O3S/c1-4-16(2)23-21(27)10-11-26(15-19-9-6-12-29-19)22-24-20(25-30-22)14-17-7-5-8-18(13-17)28-3/h5-9,12-13,16H,4,10-11,14-15H2,1-3H3,(H,23,27). The molecule has 0 saturated heterocycles. The molecule has 0 radical (unpaired) electrons. The van der Waals surface area contributed by atoms with Crippen LogP contribution in [0.15, 0.2) is 47.1 Å². The quantitative estimate of drug-likeness (QED) is 0.496. The molecule has 2 heterocycles. The molecule has 0 saturated carbocycles. The second-order valence-electron chi connectivity index (χ2n) is 7.15. The zero-order chi connectivity index (χ0) is 21.3. The van der Waals surface area contributed by atoms with Crippen LogP contribution in [0.3, 0.4) is 0 Å². The number of aromatic nitrogens is 2. The number of carbonyl (C=O) groups is 1. The molecule has 3 aromatic rings. The lowest BCUT2D eigenvalue weighted by atomic mass is 10.1. The first-order chi connectivity index (χ1) is 14.6. The molecule has 7 nitrogen and oxygen atoms in total. The summed E-state index contributed by atoms with van der Waals surface area (Å²) in [5, 5.41) is 3.79. The van der Waals surface area contributed by atoms with Crippen molar-refractivity contribution in [3.8, 4) is 5.75 Å². The van der Waals surface area contributed by atoms with Crippen LogP contribution in [0, 0.1) is 0 Å². The van der Waals surface area contributed by atoms with E-state index in [0.717, 1.165) is 34.4 Å². The van der Waals surface area contributed by atoms with Crippen LogP contribution in [0.5, 0.6) is 5.75 Å². The molecule has 0 aliphatic carbocycles. The highest BCUT2D eigenvalue weighted by molar-refractivity contribution is 7.09. The van der Waals surface area contributed by atoms with E-state index in [2.05, 4.69) is 16.6 Å². The number of amides is 1. The van der Waals surface area contributed by atoms with Crippen molar-refractivity contribution < 1.29 is 13.9 Å². The third-order valence-corrected chi connectivity index (χ3v) is 5.59. The lowest BCUT2D eigenvalue weighted by molar-refractivity contribution is -0.121. The molecule has 1 unspecified atom stereocenters. The SMILES string of the molecule is CCC(C)NC(=O)CCN(Cc1ccco1)c1nc(Cc2cccc(OC)c2)ns1. The number of nitrogens with zero attached hydrogens (tertiary/aromatic N) is 3. The summed E-state index contributed by atoms with van der Waals surface area (Å²) in [5.74, 6) is 2.42. The van der Waals surface area contributed by atoms with Crippen LogP contribution < -0.4 is 15.0 Å². The monoisotopic (exact) mass is 428 g/mol. The summed E-state index contributed by atoms with van der Waals surface area (Å²) < 4.78 is 15.3. The normalized spacial score (nSPS) is 11.8. The molecule has 1 aromatic carbocycles. The first-order valence-corrected chi connectivity index (χ1v) is 10.9. The number of methoxy groups -OCH3 is 1. The first-order valence-electron chi connectivity index (χ1n) is 10.1. The van der Waals surface area contributed by atoms with Crippen LogP contribution in [-0.4, -0.2) is 35.0 Å². The van der Waals surface area contributed by atoms with Crippen LogP contribution in [0.25, 0.3) is 0 Å². The Balaban J connectivity index is 1.69. The van der Waals surface area contributed by atoms with E-state index in [0.29, 0.717) is 25.9 Å². The van der Waals surface area contributed by atoms with Crippen LogP contribution in [0.2, 0.25) is 0 Å². The van der Waals surface area contributed by atoms with Crippen molar-refractivity contribution in [3.63, 3.8) is 0 Å². The smallest absolute Gasteiger partial charge is 0.221 e. The number of rotatable bonds is 11. The van der Waals surface area contributed by atoms with E-state index in [1.54, 1.807) is 13.4 Å². The third kappa shape index (κ3) is 6.32. The molecular formula is C22H28N4O3S. The zero-order valence-corrected chi connectivity index (χ0v) is 18.4. The Labute approximate surface area is 181 Å². The van der Waals surface area contributed by atoms with Gasteiger partial charge >= 0.3 is 0 Å². The summed E-state index contributed by atoms with van der Waals surface area (Å²) in [5.41, 5.74) is 1.09. The highest BCUT2D eigenvalue weighted by atomic mass is 32.1. The fraction of sp³-hybridized carbons (Fsp3) is 0.409. The van der Waals surface area contributed by atoms with E-state index in [-0.39, 0.29) is 11.9 Å². The molecule has 3 rings (SSSR count). The van der Waals surface area contributed by atoms with Gasteiger partial charge in [0.2, 0.25) is 11.0 Å².